The van der Waals surface area contributed by atoms with Gasteiger partial charge in [-0.2, -0.15) is 0 Å². The van der Waals surface area contributed by atoms with Gasteiger partial charge in [-0.05, 0) is 24.5 Å². The zero-order chi connectivity index (χ0) is 15.5. The molecule has 2 aromatic rings. The van der Waals surface area contributed by atoms with Crippen molar-refractivity contribution < 1.29 is 17.2 Å². The lowest BCUT2D eigenvalue weighted by atomic mass is 10.2. The maximum atomic E-state index is 13.1. The largest absolute Gasteiger partial charge is 0.440 e. The average Bonchev–Trinajstić information content (AvgIpc) is 2.84. The molecule has 1 heterocycles. The van der Waals surface area contributed by atoms with Crippen LogP contribution in [0.3, 0.4) is 0 Å². The van der Waals surface area contributed by atoms with E-state index in [4.69, 9.17) is 4.42 Å². The Morgan fingerprint density at radius 2 is 2.10 bits per heavy atom. The summed E-state index contributed by atoms with van der Waals surface area (Å²) >= 11 is 0. The molecule has 0 saturated heterocycles. The van der Waals surface area contributed by atoms with E-state index in [1.54, 1.807) is 12.1 Å². The maximum Gasteiger partial charge on any atom is 0.210 e. The first kappa shape index (κ1) is 15.7. The fraction of sp³-hybridized carbons (Fsp3) is 0.400. The van der Waals surface area contributed by atoms with Crippen molar-refractivity contribution in [3.8, 4) is 11.3 Å². The predicted octanol–water partition coefficient (Wildman–Crippen LogP) is 3.44. The van der Waals surface area contributed by atoms with Gasteiger partial charge < -0.3 is 4.42 Å². The van der Waals surface area contributed by atoms with E-state index in [-0.39, 0.29) is 23.2 Å². The first-order valence-electron chi connectivity index (χ1n) is 6.77. The Morgan fingerprint density at radius 3 is 2.76 bits per heavy atom. The van der Waals surface area contributed by atoms with Gasteiger partial charge in [-0.25, -0.2) is 17.8 Å². The summed E-state index contributed by atoms with van der Waals surface area (Å²) in [5.74, 6) is 0.334. The summed E-state index contributed by atoms with van der Waals surface area (Å²) in [5, 5.41) is 0. The number of halogens is 1. The molecule has 0 radical (unpaired) electrons. The second kappa shape index (κ2) is 6.39. The molecular weight excluding hydrogens is 293 g/mol. The van der Waals surface area contributed by atoms with E-state index in [1.807, 2.05) is 13.8 Å². The molecule has 21 heavy (non-hydrogen) atoms. The molecule has 2 rings (SSSR count). The van der Waals surface area contributed by atoms with Gasteiger partial charge in [-0.15, -0.1) is 0 Å². The number of rotatable bonds is 6. The summed E-state index contributed by atoms with van der Waals surface area (Å²) in [7, 11) is -3.24. The molecule has 0 aliphatic heterocycles. The number of aromatic nitrogens is 1. The van der Waals surface area contributed by atoms with Gasteiger partial charge in [0.25, 0.3) is 0 Å². The summed E-state index contributed by atoms with van der Waals surface area (Å²) in [6.07, 6.45) is 2.03. The van der Waals surface area contributed by atoms with Crippen LogP contribution in [0.1, 0.15) is 26.2 Å². The molecule has 0 aliphatic rings. The second-order valence-corrected chi connectivity index (χ2v) is 7.59. The third-order valence-corrected chi connectivity index (χ3v) is 4.56. The molecule has 0 spiro atoms. The second-order valence-electron chi connectivity index (χ2n) is 5.40. The van der Waals surface area contributed by atoms with E-state index < -0.39 is 9.84 Å². The molecule has 0 aliphatic carbocycles. The zero-order valence-corrected chi connectivity index (χ0v) is 12.9. The lowest BCUT2D eigenvalue weighted by Crippen LogP contribution is -2.11. The van der Waals surface area contributed by atoms with Crippen LogP contribution in [0.2, 0.25) is 0 Å². The Balaban J connectivity index is 2.10. The fourth-order valence-corrected chi connectivity index (χ4v) is 3.31. The smallest absolute Gasteiger partial charge is 0.210 e. The molecule has 0 amide bonds. The Kier molecular flexibility index (Phi) is 4.77. The van der Waals surface area contributed by atoms with E-state index in [1.165, 1.54) is 18.3 Å². The number of benzene rings is 1. The van der Waals surface area contributed by atoms with Crippen LogP contribution in [-0.4, -0.2) is 19.2 Å². The summed E-state index contributed by atoms with van der Waals surface area (Å²) in [6, 6.07) is 5.89. The quantitative estimate of drug-likeness (QED) is 0.820. The molecule has 0 bridgehead atoms. The summed E-state index contributed by atoms with van der Waals surface area (Å²) < 4.78 is 42.4. The first-order valence-corrected chi connectivity index (χ1v) is 8.59. The van der Waals surface area contributed by atoms with Gasteiger partial charge >= 0.3 is 0 Å². The van der Waals surface area contributed by atoms with Crippen molar-refractivity contribution in [2.45, 2.75) is 26.0 Å². The lowest BCUT2D eigenvalue weighted by molar-refractivity contribution is 0.516. The fourth-order valence-electron chi connectivity index (χ4n) is 1.83. The third-order valence-electron chi connectivity index (χ3n) is 3.01. The molecule has 6 heteroatoms. The van der Waals surface area contributed by atoms with Crippen LogP contribution in [0.15, 0.2) is 34.9 Å². The highest BCUT2D eigenvalue weighted by Gasteiger charge is 2.17. The van der Waals surface area contributed by atoms with Gasteiger partial charge in [0.1, 0.15) is 11.6 Å². The van der Waals surface area contributed by atoms with Crippen molar-refractivity contribution in [1.82, 2.24) is 4.98 Å². The van der Waals surface area contributed by atoms with E-state index in [0.717, 1.165) is 0 Å². The first-order chi connectivity index (χ1) is 9.85. The van der Waals surface area contributed by atoms with Gasteiger partial charge in [0.15, 0.2) is 15.6 Å². The SMILES string of the molecule is CC(C)CCS(=O)(=O)Cc1ncc(-c2cccc(F)c2)o1. The number of hydrogen-bond acceptors (Lipinski definition) is 4. The van der Waals surface area contributed by atoms with Gasteiger partial charge in [0.2, 0.25) is 5.89 Å². The molecule has 4 nitrogen and oxygen atoms in total. The van der Waals surface area contributed by atoms with Crippen LogP contribution in [-0.2, 0) is 15.6 Å². The van der Waals surface area contributed by atoms with E-state index in [9.17, 15) is 12.8 Å². The minimum Gasteiger partial charge on any atom is -0.440 e. The Labute approximate surface area is 123 Å². The molecule has 0 N–H and O–H groups in total. The van der Waals surface area contributed by atoms with Crippen LogP contribution < -0.4 is 0 Å². The minimum atomic E-state index is -3.24. The van der Waals surface area contributed by atoms with Crippen molar-refractivity contribution in [1.29, 1.82) is 0 Å². The summed E-state index contributed by atoms with van der Waals surface area (Å²) in [6.45, 7) is 3.95. The lowest BCUT2D eigenvalue weighted by Gasteiger charge is -2.04. The highest BCUT2D eigenvalue weighted by molar-refractivity contribution is 7.90. The molecule has 114 valence electrons. The Bertz CT molecular complexity index is 707. The van der Waals surface area contributed by atoms with Crippen molar-refractivity contribution in [3.63, 3.8) is 0 Å². The van der Waals surface area contributed by atoms with Gasteiger partial charge in [0, 0.05) is 5.56 Å². The standard InChI is InChI=1S/C15H18FNO3S/c1-11(2)6-7-21(18,19)10-15-17-9-14(20-15)12-4-3-5-13(16)8-12/h3-5,8-9,11H,6-7,10H2,1-2H3. The molecule has 0 saturated carbocycles. The van der Waals surface area contributed by atoms with Crippen LogP contribution >= 0.6 is 0 Å². The van der Waals surface area contributed by atoms with Gasteiger partial charge in [-0.1, -0.05) is 26.0 Å². The van der Waals surface area contributed by atoms with E-state index >= 15 is 0 Å². The summed E-state index contributed by atoms with van der Waals surface area (Å²) in [5.41, 5.74) is 0.535. The molecule has 1 aromatic carbocycles. The van der Waals surface area contributed by atoms with Crippen LogP contribution in [0.25, 0.3) is 11.3 Å². The Hall–Kier alpha value is -1.69. The normalized spacial score (nSPS) is 12.0. The van der Waals surface area contributed by atoms with Crippen LogP contribution in [0.4, 0.5) is 4.39 Å². The van der Waals surface area contributed by atoms with Crippen LogP contribution in [0.5, 0.6) is 0 Å². The van der Waals surface area contributed by atoms with Crippen molar-refractivity contribution >= 4 is 9.84 Å². The number of sulfone groups is 1. The van der Waals surface area contributed by atoms with Crippen LogP contribution in [0, 0.1) is 11.7 Å². The van der Waals surface area contributed by atoms with Crippen molar-refractivity contribution in [2.24, 2.45) is 5.92 Å². The monoisotopic (exact) mass is 311 g/mol. The maximum absolute atomic E-state index is 13.1. The molecular formula is C15H18FNO3S. The molecule has 1 aromatic heterocycles. The molecule has 0 unspecified atom stereocenters. The summed E-state index contributed by atoms with van der Waals surface area (Å²) in [4.78, 5) is 3.97. The van der Waals surface area contributed by atoms with Gasteiger partial charge in [-0.3, -0.25) is 0 Å². The minimum absolute atomic E-state index is 0.113. The highest BCUT2D eigenvalue weighted by atomic mass is 32.2. The molecule has 0 atom stereocenters. The van der Waals surface area contributed by atoms with E-state index in [0.29, 0.717) is 23.7 Å². The number of nitrogens with zero attached hydrogens (tertiary/aromatic N) is 1. The topological polar surface area (TPSA) is 60.2 Å². The predicted molar refractivity (Wildman–Crippen MR) is 78.8 cm³/mol. The third kappa shape index (κ3) is 4.67. The van der Waals surface area contributed by atoms with Gasteiger partial charge in [0.05, 0.1) is 11.9 Å². The molecule has 0 fully saturated rings. The number of oxazole rings is 1. The van der Waals surface area contributed by atoms with E-state index in [2.05, 4.69) is 4.98 Å². The Morgan fingerprint density at radius 1 is 1.33 bits per heavy atom. The number of hydrogen-bond donors (Lipinski definition) is 0. The van der Waals surface area contributed by atoms with Crippen molar-refractivity contribution in [2.75, 3.05) is 5.75 Å². The highest BCUT2D eigenvalue weighted by Crippen LogP contribution is 2.22. The van der Waals surface area contributed by atoms with Crippen molar-refractivity contribution in [3.05, 3.63) is 42.2 Å². The zero-order valence-electron chi connectivity index (χ0n) is 12.0. The average molecular weight is 311 g/mol.